The molecular weight excluding hydrogens is 286 g/mol. The van der Waals surface area contributed by atoms with E-state index in [9.17, 15) is 8.42 Å². The van der Waals surface area contributed by atoms with Crippen LogP contribution in [0.15, 0.2) is 6.20 Å². The lowest BCUT2D eigenvalue weighted by Gasteiger charge is -2.26. The molecule has 5 nitrogen and oxygen atoms in total. The number of hydrogen-bond donors (Lipinski definition) is 1. The van der Waals surface area contributed by atoms with Crippen molar-refractivity contribution in [1.29, 1.82) is 0 Å². The summed E-state index contributed by atoms with van der Waals surface area (Å²) in [6.07, 6.45) is 5.37. The highest BCUT2D eigenvalue weighted by molar-refractivity contribution is 7.91. The molecule has 0 spiro atoms. The lowest BCUT2D eigenvalue weighted by molar-refractivity contribution is 0.443. The van der Waals surface area contributed by atoms with Crippen molar-refractivity contribution in [3.63, 3.8) is 0 Å². The van der Waals surface area contributed by atoms with Crippen molar-refractivity contribution in [1.82, 2.24) is 9.55 Å². The Morgan fingerprint density at radius 1 is 1.37 bits per heavy atom. The zero-order chi connectivity index (χ0) is 12.8. The van der Waals surface area contributed by atoms with Gasteiger partial charge in [0.1, 0.15) is 5.82 Å². The van der Waals surface area contributed by atoms with Crippen LogP contribution in [0.5, 0.6) is 0 Å². The summed E-state index contributed by atoms with van der Waals surface area (Å²) in [7, 11) is -2.87. The summed E-state index contributed by atoms with van der Waals surface area (Å²) >= 11 is 0. The number of aromatic nitrogens is 2. The van der Waals surface area contributed by atoms with Crippen LogP contribution in [0.25, 0.3) is 0 Å². The Morgan fingerprint density at radius 3 is 2.89 bits per heavy atom. The molecule has 7 heteroatoms. The molecule has 0 amide bonds. The minimum atomic E-state index is -2.87. The SMILES string of the molecule is Cl.NC1CCn2c(cnc2C2CCCS(=O)(=O)C2)C1. The van der Waals surface area contributed by atoms with Crippen molar-refractivity contribution in [3.8, 4) is 0 Å². The van der Waals surface area contributed by atoms with Gasteiger partial charge in [0.2, 0.25) is 0 Å². The first kappa shape index (κ1) is 14.8. The summed E-state index contributed by atoms with van der Waals surface area (Å²) in [5.74, 6) is 1.63. The standard InChI is InChI=1S/C12H19N3O2S.ClH/c13-10-3-4-15-11(6-10)7-14-12(15)9-2-1-5-18(16,17)8-9;/h7,9-10H,1-6,8,13H2;1H. The maximum Gasteiger partial charge on any atom is 0.151 e. The Bertz CT molecular complexity index is 555. The molecule has 1 fully saturated rings. The molecule has 2 aliphatic heterocycles. The van der Waals surface area contributed by atoms with Gasteiger partial charge >= 0.3 is 0 Å². The largest absolute Gasteiger partial charge is 0.332 e. The van der Waals surface area contributed by atoms with Gasteiger partial charge in [0.05, 0.1) is 11.5 Å². The van der Waals surface area contributed by atoms with E-state index in [2.05, 4.69) is 9.55 Å². The fraction of sp³-hybridized carbons (Fsp3) is 0.750. The predicted molar refractivity (Wildman–Crippen MR) is 76.4 cm³/mol. The number of imidazole rings is 1. The maximum atomic E-state index is 11.7. The van der Waals surface area contributed by atoms with Crippen molar-refractivity contribution in [2.75, 3.05) is 11.5 Å². The third-order valence-corrected chi connectivity index (χ3v) is 5.81. The van der Waals surface area contributed by atoms with Crippen LogP contribution < -0.4 is 5.73 Å². The fourth-order valence-electron chi connectivity index (χ4n) is 3.07. The van der Waals surface area contributed by atoms with Crippen molar-refractivity contribution in [3.05, 3.63) is 17.7 Å². The average molecular weight is 306 g/mol. The molecule has 0 saturated carbocycles. The molecule has 108 valence electrons. The van der Waals surface area contributed by atoms with Crippen LogP contribution in [0, 0.1) is 0 Å². The average Bonchev–Trinajstić information content (AvgIpc) is 2.70. The zero-order valence-corrected chi connectivity index (χ0v) is 12.4. The molecule has 1 aromatic heterocycles. The molecule has 0 bridgehead atoms. The van der Waals surface area contributed by atoms with E-state index in [1.165, 1.54) is 0 Å². The molecule has 2 N–H and O–H groups in total. The fourth-order valence-corrected chi connectivity index (χ4v) is 4.77. The van der Waals surface area contributed by atoms with Gasteiger partial charge in [-0.25, -0.2) is 13.4 Å². The number of sulfone groups is 1. The summed E-state index contributed by atoms with van der Waals surface area (Å²) in [6.45, 7) is 0.877. The van der Waals surface area contributed by atoms with E-state index in [-0.39, 0.29) is 30.1 Å². The van der Waals surface area contributed by atoms with Crippen LogP contribution in [-0.2, 0) is 22.8 Å². The highest BCUT2D eigenvalue weighted by Gasteiger charge is 2.30. The first-order valence-corrected chi connectivity index (χ1v) is 8.37. The van der Waals surface area contributed by atoms with Gasteiger partial charge in [-0.05, 0) is 19.3 Å². The van der Waals surface area contributed by atoms with Crippen LogP contribution in [0.1, 0.15) is 36.7 Å². The van der Waals surface area contributed by atoms with Crippen LogP contribution in [0.4, 0.5) is 0 Å². The Morgan fingerprint density at radius 2 is 2.16 bits per heavy atom. The van der Waals surface area contributed by atoms with E-state index in [1.807, 2.05) is 6.20 Å². The highest BCUT2D eigenvalue weighted by Crippen LogP contribution is 2.29. The van der Waals surface area contributed by atoms with Crippen molar-refractivity contribution >= 4 is 22.2 Å². The minimum Gasteiger partial charge on any atom is -0.332 e. The van der Waals surface area contributed by atoms with Gasteiger partial charge in [0.15, 0.2) is 9.84 Å². The third-order valence-electron chi connectivity index (χ3n) is 3.99. The van der Waals surface area contributed by atoms with Gasteiger partial charge in [-0.3, -0.25) is 0 Å². The smallest absolute Gasteiger partial charge is 0.151 e. The maximum absolute atomic E-state index is 11.7. The second-order valence-corrected chi connectivity index (χ2v) is 7.69. The first-order chi connectivity index (χ1) is 8.55. The van der Waals surface area contributed by atoms with Crippen LogP contribution in [0.3, 0.4) is 0 Å². The summed E-state index contributed by atoms with van der Waals surface area (Å²) < 4.78 is 25.6. The van der Waals surface area contributed by atoms with E-state index in [0.29, 0.717) is 5.75 Å². The Kier molecular flexibility index (Phi) is 4.23. The number of rotatable bonds is 1. The van der Waals surface area contributed by atoms with Crippen molar-refractivity contribution in [2.45, 2.75) is 44.2 Å². The molecule has 2 aliphatic rings. The molecule has 1 saturated heterocycles. The van der Waals surface area contributed by atoms with Crippen LogP contribution >= 0.6 is 12.4 Å². The van der Waals surface area contributed by atoms with E-state index in [4.69, 9.17) is 5.73 Å². The minimum absolute atomic E-state index is 0. The molecular formula is C12H20ClN3O2S. The van der Waals surface area contributed by atoms with Gasteiger partial charge in [0.25, 0.3) is 0 Å². The molecule has 3 heterocycles. The number of hydrogen-bond acceptors (Lipinski definition) is 4. The molecule has 0 radical (unpaired) electrons. The van der Waals surface area contributed by atoms with Crippen LogP contribution in [-0.4, -0.2) is 35.5 Å². The predicted octanol–water partition coefficient (Wildman–Crippen LogP) is 0.871. The first-order valence-electron chi connectivity index (χ1n) is 6.55. The Balaban J connectivity index is 0.00000133. The lowest BCUT2D eigenvalue weighted by Crippen LogP contribution is -2.32. The molecule has 0 aromatic carbocycles. The Hall–Kier alpha value is -0.590. The second kappa shape index (κ2) is 5.42. The molecule has 2 atom stereocenters. The summed E-state index contributed by atoms with van der Waals surface area (Å²) in [5, 5.41) is 0. The number of fused-ring (bicyclic) bond motifs is 1. The quantitative estimate of drug-likeness (QED) is 0.835. The van der Waals surface area contributed by atoms with E-state index in [1.54, 1.807) is 0 Å². The second-order valence-electron chi connectivity index (χ2n) is 5.47. The van der Waals surface area contributed by atoms with Gasteiger partial charge in [-0.2, -0.15) is 0 Å². The lowest BCUT2D eigenvalue weighted by atomic mass is 10.0. The van der Waals surface area contributed by atoms with Crippen molar-refractivity contribution < 1.29 is 8.42 Å². The highest BCUT2D eigenvalue weighted by atomic mass is 35.5. The third kappa shape index (κ3) is 2.95. The molecule has 0 aliphatic carbocycles. The van der Waals surface area contributed by atoms with Gasteiger partial charge in [-0.1, -0.05) is 0 Å². The van der Waals surface area contributed by atoms with E-state index in [0.717, 1.165) is 43.7 Å². The van der Waals surface area contributed by atoms with Gasteiger partial charge in [-0.15, -0.1) is 12.4 Å². The molecule has 3 rings (SSSR count). The molecule has 2 unspecified atom stereocenters. The summed E-state index contributed by atoms with van der Waals surface area (Å²) in [4.78, 5) is 4.46. The summed E-state index contributed by atoms with van der Waals surface area (Å²) in [6, 6.07) is 0.220. The normalized spacial score (nSPS) is 29.3. The van der Waals surface area contributed by atoms with E-state index >= 15 is 0 Å². The number of nitrogens with two attached hydrogens (primary N) is 1. The summed E-state index contributed by atoms with van der Waals surface area (Å²) in [5.41, 5.74) is 7.10. The van der Waals surface area contributed by atoms with Gasteiger partial charge in [0, 0.05) is 36.8 Å². The number of nitrogens with zero attached hydrogens (tertiary/aromatic N) is 2. The zero-order valence-electron chi connectivity index (χ0n) is 10.8. The topological polar surface area (TPSA) is 78.0 Å². The molecule has 19 heavy (non-hydrogen) atoms. The van der Waals surface area contributed by atoms with Crippen LogP contribution in [0.2, 0.25) is 0 Å². The Labute approximate surface area is 119 Å². The number of halogens is 1. The van der Waals surface area contributed by atoms with Crippen molar-refractivity contribution in [2.24, 2.45) is 5.73 Å². The van der Waals surface area contributed by atoms with E-state index < -0.39 is 9.84 Å². The monoisotopic (exact) mass is 305 g/mol. The molecule has 1 aromatic rings. The van der Waals surface area contributed by atoms with Gasteiger partial charge < -0.3 is 10.3 Å².